The summed E-state index contributed by atoms with van der Waals surface area (Å²) in [6, 6.07) is 22.3. The summed E-state index contributed by atoms with van der Waals surface area (Å²) >= 11 is 0. The molecule has 0 saturated heterocycles. The number of amides is 2. The summed E-state index contributed by atoms with van der Waals surface area (Å²) in [6.45, 7) is 2.72. The Bertz CT molecular complexity index is 2240. The third-order valence-corrected chi connectivity index (χ3v) is 8.79. The number of hydrogen-bond acceptors (Lipinski definition) is 12. The molecular formula is C42H45N7O8. The number of methoxy groups -OCH3 is 2. The zero-order valence-corrected chi connectivity index (χ0v) is 32.2. The minimum atomic E-state index is -0.649. The number of aromatic nitrogens is 3. The van der Waals surface area contributed by atoms with E-state index in [9.17, 15) is 19.2 Å². The predicted octanol–water partition coefficient (Wildman–Crippen LogP) is 6.66. The number of anilines is 2. The molecule has 0 saturated carbocycles. The fourth-order valence-electron chi connectivity index (χ4n) is 5.67. The number of nitrogens with one attached hydrogen (secondary N) is 3. The maximum atomic E-state index is 14.0. The van der Waals surface area contributed by atoms with Gasteiger partial charge in [0.1, 0.15) is 17.5 Å². The molecule has 57 heavy (non-hydrogen) atoms. The number of hydrogen-bond donors (Lipinski definition) is 3. The van der Waals surface area contributed by atoms with Gasteiger partial charge < -0.3 is 28.8 Å². The molecule has 3 aromatic carbocycles. The molecule has 0 aliphatic rings. The van der Waals surface area contributed by atoms with Crippen LogP contribution in [0.1, 0.15) is 59.9 Å². The molecule has 5 aromatic rings. The third-order valence-electron chi connectivity index (χ3n) is 8.79. The summed E-state index contributed by atoms with van der Waals surface area (Å²) in [5.41, 5.74) is 3.72. The number of nitrogens with zero attached hydrogens (tertiary/aromatic N) is 4. The molecule has 15 heteroatoms. The highest BCUT2D eigenvalue weighted by molar-refractivity contribution is 6.07. The Morgan fingerprint density at radius 1 is 0.930 bits per heavy atom. The van der Waals surface area contributed by atoms with Crippen molar-refractivity contribution in [3.05, 3.63) is 114 Å². The van der Waals surface area contributed by atoms with Crippen molar-refractivity contribution in [3.8, 4) is 11.5 Å². The second kappa shape index (κ2) is 20.0. The molecule has 3 N–H and O–H groups in total. The molecule has 0 radical (unpaired) electrons. The maximum Gasteiger partial charge on any atom is 0.412 e. The zero-order chi connectivity index (χ0) is 40.7. The lowest BCUT2D eigenvalue weighted by Crippen LogP contribution is -2.34. The molecule has 15 nitrogen and oxygen atoms in total. The predicted molar refractivity (Wildman–Crippen MR) is 216 cm³/mol. The molecule has 0 unspecified atom stereocenters. The van der Waals surface area contributed by atoms with Crippen LogP contribution in [0.25, 0.3) is 17.1 Å². The van der Waals surface area contributed by atoms with Crippen molar-refractivity contribution in [2.24, 2.45) is 7.05 Å². The van der Waals surface area contributed by atoms with Crippen molar-refractivity contribution < 1.29 is 38.1 Å². The molecular weight excluding hydrogens is 731 g/mol. The van der Waals surface area contributed by atoms with E-state index < -0.39 is 18.0 Å². The number of carbonyl (C=O) groups is 4. The number of rotatable bonds is 17. The van der Waals surface area contributed by atoms with Crippen LogP contribution in [-0.4, -0.2) is 71.7 Å². The van der Waals surface area contributed by atoms with Crippen molar-refractivity contribution in [2.75, 3.05) is 37.6 Å². The summed E-state index contributed by atoms with van der Waals surface area (Å²) < 4.78 is 22.7. The molecule has 5 rings (SSSR count). The Morgan fingerprint density at radius 3 is 2.44 bits per heavy atom. The van der Waals surface area contributed by atoms with E-state index in [1.54, 1.807) is 85.1 Å². The van der Waals surface area contributed by atoms with Crippen LogP contribution in [-0.2, 0) is 32.7 Å². The minimum absolute atomic E-state index is 0.0240. The summed E-state index contributed by atoms with van der Waals surface area (Å²) in [6.07, 6.45) is 6.35. The SMILES string of the molecule is CCCCCOC(=O)NC(=N)c1ccc(NCc2nc3cc(C(=O)N(CCC(=O)Oc4ccc(/C=C/C(=O)OC)cc4OC)c4ccccn4)ccc3n2C)cc1. The summed E-state index contributed by atoms with van der Waals surface area (Å²) in [4.78, 5) is 61.1. The van der Waals surface area contributed by atoms with Gasteiger partial charge in [0, 0.05) is 42.7 Å². The van der Waals surface area contributed by atoms with E-state index in [-0.39, 0.29) is 36.2 Å². The topological polar surface area (TPSA) is 187 Å². The number of imidazole rings is 1. The quantitative estimate of drug-likeness (QED) is 0.0229. The molecule has 0 fully saturated rings. The van der Waals surface area contributed by atoms with Crippen LogP contribution in [0.4, 0.5) is 16.3 Å². The Balaban J connectivity index is 1.23. The molecule has 0 aliphatic carbocycles. The highest BCUT2D eigenvalue weighted by atomic mass is 16.6. The average Bonchev–Trinajstić information content (AvgIpc) is 3.55. The molecule has 0 bridgehead atoms. The lowest BCUT2D eigenvalue weighted by Gasteiger charge is -2.21. The van der Waals surface area contributed by atoms with E-state index in [1.165, 1.54) is 25.2 Å². The molecule has 296 valence electrons. The number of esters is 2. The van der Waals surface area contributed by atoms with Gasteiger partial charge in [0.05, 0.1) is 44.8 Å². The molecule has 0 spiro atoms. The number of amidine groups is 1. The van der Waals surface area contributed by atoms with Crippen molar-refractivity contribution in [1.29, 1.82) is 5.41 Å². The van der Waals surface area contributed by atoms with Crippen LogP contribution >= 0.6 is 0 Å². The first-order valence-corrected chi connectivity index (χ1v) is 18.3. The Kier molecular flexibility index (Phi) is 14.5. The number of unbranched alkanes of at least 4 members (excludes halogenated alkanes) is 2. The maximum absolute atomic E-state index is 14.0. The summed E-state index contributed by atoms with van der Waals surface area (Å²) in [7, 11) is 4.60. The van der Waals surface area contributed by atoms with Gasteiger partial charge in [-0.3, -0.25) is 25.2 Å². The largest absolute Gasteiger partial charge is 0.493 e. The zero-order valence-electron chi connectivity index (χ0n) is 32.2. The van der Waals surface area contributed by atoms with Crippen LogP contribution < -0.4 is 25.0 Å². The smallest absolute Gasteiger partial charge is 0.412 e. The van der Waals surface area contributed by atoms with Crippen LogP contribution in [0, 0.1) is 5.41 Å². The fraction of sp³-hybridized carbons (Fsp3) is 0.262. The Morgan fingerprint density at radius 2 is 1.72 bits per heavy atom. The van der Waals surface area contributed by atoms with Gasteiger partial charge in [-0.15, -0.1) is 0 Å². The summed E-state index contributed by atoms with van der Waals surface area (Å²) in [5.74, 6) is -0.00166. The second-order valence-electron chi connectivity index (χ2n) is 12.7. The molecule has 2 amide bonds. The van der Waals surface area contributed by atoms with Gasteiger partial charge in [0.15, 0.2) is 11.5 Å². The fourth-order valence-corrected chi connectivity index (χ4v) is 5.67. The first-order chi connectivity index (χ1) is 27.6. The number of benzene rings is 3. The number of aryl methyl sites for hydroxylation is 1. The highest BCUT2D eigenvalue weighted by Gasteiger charge is 2.22. The average molecular weight is 776 g/mol. The molecule has 2 heterocycles. The van der Waals surface area contributed by atoms with E-state index >= 15 is 0 Å². The molecule has 0 aliphatic heterocycles. The first kappa shape index (κ1) is 41.1. The Hall–Kier alpha value is -7.03. The lowest BCUT2D eigenvalue weighted by molar-refractivity contribution is -0.135. The number of pyridine rings is 1. The Labute approximate surface area is 330 Å². The summed E-state index contributed by atoms with van der Waals surface area (Å²) in [5, 5.41) is 14.0. The number of ether oxygens (including phenoxy) is 4. The van der Waals surface area contributed by atoms with E-state index in [0.29, 0.717) is 47.0 Å². The van der Waals surface area contributed by atoms with Gasteiger partial charge in [0.25, 0.3) is 5.91 Å². The van der Waals surface area contributed by atoms with E-state index in [1.807, 2.05) is 17.7 Å². The van der Waals surface area contributed by atoms with E-state index in [2.05, 4.69) is 27.3 Å². The van der Waals surface area contributed by atoms with E-state index in [0.717, 1.165) is 30.5 Å². The minimum Gasteiger partial charge on any atom is -0.493 e. The number of fused-ring (bicyclic) bond motifs is 1. The second-order valence-corrected chi connectivity index (χ2v) is 12.7. The van der Waals surface area contributed by atoms with Crippen LogP contribution in [0.2, 0.25) is 0 Å². The monoisotopic (exact) mass is 775 g/mol. The highest BCUT2D eigenvalue weighted by Crippen LogP contribution is 2.29. The standard InChI is InChI=1S/C42H45N7O8/c1-5-6-9-24-56-42(53)47-40(43)29-13-16-31(17-14-29)45-27-37-46-32-26-30(15-18-33(32)48(37)2)41(52)49(36-10-7-8-22-44-36)23-21-39(51)57-34-19-11-28(25-35(34)54-3)12-20-38(50)55-4/h7-8,10-20,22,25-26,45H,5-6,9,21,23-24,27H2,1-4H3,(H2,43,47,53)/b20-12+. The number of carbonyl (C=O) groups excluding carboxylic acids is 4. The van der Waals surface area contributed by atoms with Gasteiger partial charge in [-0.25, -0.2) is 19.6 Å². The molecule has 2 aromatic heterocycles. The third kappa shape index (κ3) is 11.3. The normalized spacial score (nSPS) is 10.9. The van der Waals surface area contributed by atoms with Crippen molar-refractivity contribution in [2.45, 2.75) is 39.2 Å². The van der Waals surface area contributed by atoms with Crippen molar-refractivity contribution in [1.82, 2.24) is 19.9 Å². The van der Waals surface area contributed by atoms with Crippen LogP contribution in [0.15, 0.2) is 91.1 Å². The van der Waals surface area contributed by atoms with Gasteiger partial charge in [-0.1, -0.05) is 31.9 Å². The first-order valence-electron chi connectivity index (χ1n) is 18.3. The van der Waals surface area contributed by atoms with E-state index in [4.69, 9.17) is 24.6 Å². The van der Waals surface area contributed by atoms with Crippen LogP contribution in [0.5, 0.6) is 11.5 Å². The number of alkyl carbamates (subject to hydrolysis) is 1. The van der Waals surface area contributed by atoms with Gasteiger partial charge in [0.2, 0.25) is 0 Å². The van der Waals surface area contributed by atoms with Gasteiger partial charge >= 0.3 is 18.0 Å². The van der Waals surface area contributed by atoms with Crippen molar-refractivity contribution in [3.63, 3.8) is 0 Å². The van der Waals surface area contributed by atoms with Gasteiger partial charge in [-0.2, -0.15) is 0 Å². The van der Waals surface area contributed by atoms with Crippen LogP contribution in [0.3, 0.4) is 0 Å². The van der Waals surface area contributed by atoms with Crippen molar-refractivity contribution >= 4 is 58.4 Å². The molecule has 0 atom stereocenters. The lowest BCUT2D eigenvalue weighted by atomic mass is 10.1. The van der Waals surface area contributed by atoms with Gasteiger partial charge in [-0.05, 0) is 84.8 Å².